The quantitative estimate of drug-likeness (QED) is 0.768. The van der Waals surface area contributed by atoms with Crippen molar-refractivity contribution in [1.29, 1.82) is 0 Å². The van der Waals surface area contributed by atoms with Crippen molar-refractivity contribution in [2.45, 2.75) is 26.8 Å². The maximum atomic E-state index is 12.9. The van der Waals surface area contributed by atoms with Crippen LogP contribution in [0.25, 0.3) is 0 Å². The first-order valence-electron chi connectivity index (χ1n) is 7.16. The number of rotatable bonds is 5. The highest BCUT2D eigenvalue weighted by Crippen LogP contribution is 2.39. The maximum absolute atomic E-state index is 12.9. The summed E-state index contributed by atoms with van der Waals surface area (Å²) in [6, 6.07) is 9.97. The summed E-state index contributed by atoms with van der Waals surface area (Å²) in [5, 5.41) is 8.09. The Kier molecular flexibility index (Phi) is 5.38. The van der Waals surface area contributed by atoms with E-state index in [9.17, 15) is 4.79 Å². The standard InChI is InChI=1S/C15H17N3OS3/c1-20-14-16-17-15(22-14)21-12(11-7-3-2-4-8-11)13(19)18-9-5-6-10-18/h2-4,7-8,12H,5-6,9-10H2,1H3. The first kappa shape index (κ1) is 15.8. The molecular formula is C15H17N3OS3. The van der Waals surface area contributed by atoms with Gasteiger partial charge in [-0.15, -0.1) is 10.2 Å². The van der Waals surface area contributed by atoms with Crippen molar-refractivity contribution in [2.75, 3.05) is 19.3 Å². The molecule has 1 aliphatic rings. The van der Waals surface area contributed by atoms with Crippen LogP contribution in [-0.2, 0) is 4.79 Å². The number of aromatic nitrogens is 2. The van der Waals surface area contributed by atoms with Gasteiger partial charge in [0.05, 0.1) is 0 Å². The predicted molar refractivity (Wildman–Crippen MR) is 92.5 cm³/mol. The molecule has 1 saturated heterocycles. The number of nitrogens with zero attached hydrogens (tertiary/aromatic N) is 3. The van der Waals surface area contributed by atoms with Crippen molar-refractivity contribution in [3.8, 4) is 0 Å². The third kappa shape index (κ3) is 3.64. The average molecular weight is 352 g/mol. The number of hydrogen-bond acceptors (Lipinski definition) is 6. The third-order valence-electron chi connectivity index (χ3n) is 3.53. The Morgan fingerprint density at radius 2 is 1.86 bits per heavy atom. The molecule has 0 bridgehead atoms. The second-order valence-electron chi connectivity index (χ2n) is 4.98. The van der Waals surface area contributed by atoms with E-state index in [0.717, 1.165) is 40.2 Å². The van der Waals surface area contributed by atoms with Gasteiger partial charge in [-0.25, -0.2) is 0 Å². The van der Waals surface area contributed by atoms with Crippen molar-refractivity contribution < 1.29 is 4.79 Å². The molecule has 1 aliphatic heterocycles. The summed E-state index contributed by atoms with van der Waals surface area (Å²) in [7, 11) is 0. The lowest BCUT2D eigenvalue weighted by Crippen LogP contribution is -2.31. The molecule has 1 amide bonds. The van der Waals surface area contributed by atoms with Gasteiger partial charge >= 0.3 is 0 Å². The number of amides is 1. The molecule has 116 valence electrons. The Morgan fingerprint density at radius 3 is 2.50 bits per heavy atom. The minimum Gasteiger partial charge on any atom is -0.341 e. The molecule has 0 N–H and O–H groups in total. The fourth-order valence-corrected chi connectivity index (χ4v) is 5.13. The van der Waals surface area contributed by atoms with Crippen LogP contribution in [0.3, 0.4) is 0 Å². The number of carbonyl (C=O) groups is 1. The first-order chi connectivity index (χ1) is 10.8. The molecule has 0 radical (unpaired) electrons. The molecule has 1 aromatic heterocycles. The summed E-state index contributed by atoms with van der Waals surface area (Å²) in [5.41, 5.74) is 1.03. The Balaban J connectivity index is 1.83. The number of hydrogen-bond donors (Lipinski definition) is 0. The lowest BCUT2D eigenvalue weighted by Gasteiger charge is -2.22. The summed E-state index contributed by atoms with van der Waals surface area (Å²) in [4.78, 5) is 14.9. The molecule has 1 atom stereocenters. The Labute approximate surface area is 142 Å². The molecule has 2 heterocycles. The fraction of sp³-hybridized carbons (Fsp3) is 0.400. The van der Waals surface area contributed by atoms with Gasteiger partial charge in [0.1, 0.15) is 5.25 Å². The molecule has 1 fully saturated rings. The fourth-order valence-electron chi connectivity index (χ4n) is 2.42. The van der Waals surface area contributed by atoms with E-state index in [-0.39, 0.29) is 11.2 Å². The van der Waals surface area contributed by atoms with E-state index in [1.807, 2.05) is 41.5 Å². The molecule has 3 rings (SSSR count). The lowest BCUT2D eigenvalue weighted by atomic mass is 10.1. The van der Waals surface area contributed by atoms with Crippen LogP contribution in [0.1, 0.15) is 23.7 Å². The van der Waals surface area contributed by atoms with Gasteiger partial charge < -0.3 is 4.90 Å². The summed E-state index contributed by atoms with van der Waals surface area (Å²) in [6.07, 6.45) is 4.19. The van der Waals surface area contributed by atoms with Crippen molar-refractivity contribution >= 4 is 40.8 Å². The minimum absolute atomic E-state index is 0.189. The van der Waals surface area contributed by atoms with Gasteiger partial charge in [-0.05, 0) is 24.7 Å². The van der Waals surface area contributed by atoms with E-state index in [1.54, 1.807) is 23.1 Å². The molecule has 22 heavy (non-hydrogen) atoms. The highest BCUT2D eigenvalue weighted by molar-refractivity contribution is 8.03. The molecule has 0 aliphatic carbocycles. The maximum Gasteiger partial charge on any atom is 0.240 e. The zero-order chi connectivity index (χ0) is 15.4. The van der Waals surface area contributed by atoms with Gasteiger partial charge in [0.2, 0.25) is 5.91 Å². The molecule has 0 spiro atoms. The zero-order valence-corrected chi connectivity index (χ0v) is 14.7. The SMILES string of the molecule is CSc1nnc(SC(C(=O)N2CCCC2)c2ccccc2)s1. The van der Waals surface area contributed by atoms with Crippen molar-refractivity contribution in [1.82, 2.24) is 15.1 Å². The summed E-state index contributed by atoms with van der Waals surface area (Å²) < 4.78 is 1.79. The van der Waals surface area contributed by atoms with Crippen LogP contribution in [0.15, 0.2) is 39.0 Å². The van der Waals surface area contributed by atoms with E-state index >= 15 is 0 Å². The van der Waals surface area contributed by atoms with E-state index in [0.29, 0.717) is 0 Å². The van der Waals surface area contributed by atoms with Gasteiger partial charge in [-0.3, -0.25) is 4.79 Å². The third-order valence-corrected chi connectivity index (χ3v) is 6.75. The van der Waals surface area contributed by atoms with Crippen LogP contribution in [0, 0.1) is 0 Å². The largest absolute Gasteiger partial charge is 0.341 e. The van der Waals surface area contributed by atoms with Crippen LogP contribution in [-0.4, -0.2) is 40.3 Å². The van der Waals surface area contributed by atoms with E-state index in [1.165, 1.54) is 11.8 Å². The van der Waals surface area contributed by atoms with Gasteiger partial charge in [0.15, 0.2) is 8.68 Å². The predicted octanol–water partition coefficient (Wildman–Crippen LogP) is 3.72. The van der Waals surface area contributed by atoms with Crippen LogP contribution in [0.2, 0.25) is 0 Å². The zero-order valence-electron chi connectivity index (χ0n) is 12.3. The van der Waals surface area contributed by atoms with Crippen molar-refractivity contribution in [3.05, 3.63) is 35.9 Å². The highest BCUT2D eigenvalue weighted by atomic mass is 32.2. The van der Waals surface area contributed by atoms with Gasteiger partial charge in [-0.2, -0.15) is 0 Å². The number of thioether (sulfide) groups is 2. The summed E-state index contributed by atoms with van der Waals surface area (Å²) >= 11 is 4.64. The van der Waals surface area contributed by atoms with Crippen LogP contribution in [0.4, 0.5) is 0 Å². The summed E-state index contributed by atoms with van der Waals surface area (Å²) in [6.45, 7) is 1.74. The molecular weight excluding hydrogens is 334 g/mol. The molecule has 7 heteroatoms. The lowest BCUT2D eigenvalue weighted by molar-refractivity contribution is -0.129. The van der Waals surface area contributed by atoms with Crippen LogP contribution >= 0.6 is 34.9 Å². The smallest absolute Gasteiger partial charge is 0.240 e. The Bertz CT molecular complexity index is 626. The van der Waals surface area contributed by atoms with E-state index in [4.69, 9.17) is 0 Å². The van der Waals surface area contributed by atoms with Gasteiger partial charge in [-0.1, -0.05) is 65.2 Å². The first-order valence-corrected chi connectivity index (χ1v) is 10.1. The minimum atomic E-state index is -0.234. The van der Waals surface area contributed by atoms with Gasteiger partial charge in [0.25, 0.3) is 0 Å². The normalized spacial score (nSPS) is 16.0. The van der Waals surface area contributed by atoms with Crippen LogP contribution < -0.4 is 0 Å². The Morgan fingerprint density at radius 1 is 1.18 bits per heavy atom. The molecule has 2 aromatic rings. The van der Waals surface area contributed by atoms with Crippen LogP contribution in [0.5, 0.6) is 0 Å². The highest BCUT2D eigenvalue weighted by Gasteiger charge is 2.29. The van der Waals surface area contributed by atoms with E-state index in [2.05, 4.69) is 10.2 Å². The summed E-state index contributed by atoms with van der Waals surface area (Å²) in [5.74, 6) is 0.189. The molecule has 1 aromatic carbocycles. The Hall–Kier alpha value is -1.05. The molecule has 4 nitrogen and oxygen atoms in total. The molecule has 1 unspecified atom stereocenters. The second-order valence-corrected chi connectivity index (χ2v) is 8.36. The van der Waals surface area contributed by atoms with Gasteiger partial charge in [0, 0.05) is 13.1 Å². The number of likely N-dealkylation sites (tertiary alicyclic amines) is 1. The van der Waals surface area contributed by atoms with Crippen molar-refractivity contribution in [2.24, 2.45) is 0 Å². The second kappa shape index (κ2) is 7.48. The van der Waals surface area contributed by atoms with E-state index < -0.39 is 0 Å². The molecule has 0 saturated carbocycles. The monoisotopic (exact) mass is 351 g/mol. The number of benzene rings is 1. The topological polar surface area (TPSA) is 46.1 Å². The number of carbonyl (C=O) groups excluding carboxylic acids is 1. The average Bonchev–Trinajstić information content (AvgIpc) is 3.24. The van der Waals surface area contributed by atoms with Crippen molar-refractivity contribution in [3.63, 3.8) is 0 Å².